The molecular weight excluding hydrogens is 454 g/mol. The number of rotatable bonds is 9. The maximum Gasteiger partial charge on any atom is 0.262 e. The van der Waals surface area contributed by atoms with Crippen LogP contribution in [-0.2, 0) is 24.8 Å². The van der Waals surface area contributed by atoms with Crippen molar-refractivity contribution in [1.82, 2.24) is 9.44 Å². The fraction of sp³-hybridized carbons (Fsp3) is 0.381. The molecule has 32 heavy (non-hydrogen) atoms. The topological polar surface area (TPSA) is 131 Å². The first-order valence-electron chi connectivity index (χ1n) is 10.2. The van der Waals surface area contributed by atoms with Gasteiger partial charge in [0.25, 0.3) is 5.91 Å². The summed E-state index contributed by atoms with van der Waals surface area (Å²) in [6.07, 6.45) is 3.74. The van der Waals surface area contributed by atoms with Gasteiger partial charge < -0.3 is 10.1 Å². The maximum absolute atomic E-state index is 12.5. The highest BCUT2D eigenvalue weighted by atomic mass is 32.2. The molecule has 3 N–H and O–H groups in total. The Hall–Kier alpha value is -2.47. The van der Waals surface area contributed by atoms with E-state index < -0.39 is 26.0 Å². The number of aryl methyl sites for hydroxylation is 1. The van der Waals surface area contributed by atoms with Crippen molar-refractivity contribution in [3.63, 3.8) is 0 Å². The monoisotopic (exact) mass is 481 g/mol. The van der Waals surface area contributed by atoms with E-state index in [9.17, 15) is 21.6 Å². The number of hydrogen-bond acceptors (Lipinski definition) is 6. The van der Waals surface area contributed by atoms with Crippen LogP contribution in [0.15, 0.2) is 52.3 Å². The summed E-state index contributed by atoms with van der Waals surface area (Å²) in [6, 6.07) is 10.2. The summed E-state index contributed by atoms with van der Waals surface area (Å²) in [5, 5.41) is 2.63. The second kappa shape index (κ2) is 9.99. The van der Waals surface area contributed by atoms with Crippen LogP contribution in [0.4, 0.5) is 5.69 Å². The van der Waals surface area contributed by atoms with Gasteiger partial charge >= 0.3 is 0 Å². The van der Waals surface area contributed by atoms with Crippen molar-refractivity contribution in [2.24, 2.45) is 0 Å². The predicted molar refractivity (Wildman–Crippen MR) is 121 cm³/mol. The van der Waals surface area contributed by atoms with Gasteiger partial charge in [0, 0.05) is 11.7 Å². The first-order valence-corrected chi connectivity index (χ1v) is 13.2. The van der Waals surface area contributed by atoms with E-state index in [4.69, 9.17) is 4.74 Å². The molecule has 0 bridgehead atoms. The molecule has 0 aromatic heterocycles. The van der Waals surface area contributed by atoms with Crippen LogP contribution in [0.5, 0.6) is 5.75 Å². The Kier molecular flexibility index (Phi) is 7.55. The zero-order valence-electron chi connectivity index (χ0n) is 17.9. The van der Waals surface area contributed by atoms with Crippen molar-refractivity contribution < 1.29 is 26.4 Å². The Balaban J connectivity index is 1.59. The van der Waals surface area contributed by atoms with Crippen molar-refractivity contribution >= 4 is 31.6 Å². The van der Waals surface area contributed by atoms with Crippen LogP contribution in [0.25, 0.3) is 0 Å². The summed E-state index contributed by atoms with van der Waals surface area (Å²) in [7, 11) is -5.93. The minimum atomic E-state index is -3.64. The number of amides is 1. The highest BCUT2D eigenvalue weighted by Gasteiger charge is 2.23. The quantitative estimate of drug-likeness (QED) is 0.503. The average molecular weight is 482 g/mol. The molecule has 2 aromatic rings. The Morgan fingerprint density at radius 1 is 0.969 bits per heavy atom. The lowest BCUT2D eigenvalue weighted by atomic mass is 10.2. The van der Waals surface area contributed by atoms with Crippen molar-refractivity contribution in [3.8, 4) is 5.75 Å². The first-order chi connectivity index (χ1) is 15.1. The molecule has 1 saturated carbocycles. The van der Waals surface area contributed by atoms with E-state index >= 15 is 0 Å². The molecule has 0 saturated heterocycles. The lowest BCUT2D eigenvalue weighted by Crippen LogP contribution is -2.32. The smallest absolute Gasteiger partial charge is 0.262 e. The summed E-state index contributed by atoms with van der Waals surface area (Å²) in [5.74, 6) is -0.144. The van der Waals surface area contributed by atoms with Crippen LogP contribution in [0.2, 0.25) is 0 Å². The number of anilines is 1. The summed E-state index contributed by atoms with van der Waals surface area (Å²) < 4.78 is 59.2. The normalized spacial score (nSPS) is 14.9. The largest absolute Gasteiger partial charge is 0.484 e. The molecule has 174 valence electrons. The number of carbonyl (C=O) groups is 1. The van der Waals surface area contributed by atoms with Gasteiger partial charge in [-0.05, 0) is 68.8 Å². The second-order valence-electron chi connectivity index (χ2n) is 7.60. The van der Waals surface area contributed by atoms with Crippen molar-refractivity contribution in [1.29, 1.82) is 0 Å². The third kappa shape index (κ3) is 6.06. The lowest BCUT2D eigenvalue weighted by molar-refractivity contribution is -0.118. The Bertz CT molecular complexity index is 1170. The minimum Gasteiger partial charge on any atom is -0.484 e. The van der Waals surface area contributed by atoms with Gasteiger partial charge in [-0.3, -0.25) is 4.79 Å². The second-order valence-corrected chi connectivity index (χ2v) is 11.2. The number of nitrogens with one attached hydrogen (secondary N) is 3. The molecule has 2 aromatic carbocycles. The average Bonchev–Trinajstić information content (AvgIpc) is 3.26. The molecule has 1 aliphatic rings. The third-order valence-electron chi connectivity index (χ3n) is 5.24. The molecule has 0 heterocycles. The Morgan fingerprint density at radius 3 is 2.22 bits per heavy atom. The maximum atomic E-state index is 12.5. The van der Waals surface area contributed by atoms with E-state index in [-0.39, 0.29) is 22.4 Å². The molecule has 3 rings (SSSR count). The predicted octanol–water partition coefficient (Wildman–Crippen LogP) is 2.14. The number of carbonyl (C=O) groups excluding carboxylic acids is 1. The molecule has 0 unspecified atom stereocenters. The van der Waals surface area contributed by atoms with E-state index in [1.807, 2.05) is 0 Å². The Labute approximate surface area is 188 Å². The van der Waals surface area contributed by atoms with Gasteiger partial charge in [-0.1, -0.05) is 18.9 Å². The van der Waals surface area contributed by atoms with Crippen molar-refractivity contribution in [2.45, 2.75) is 48.4 Å². The van der Waals surface area contributed by atoms with Gasteiger partial charge in [-0.15, -0.1) is 0 Å². The van der Waals surface area contributed by atoms with Crippen LogP contribution in [-0.4, -0.2) is 42.4 Å². The molecule has 11 heteroatoms. The van der Waals surface area contributed by atoms with Gasteiger partial charge in [0.2, 0.25) is 20.0 Å². The number of hydrogen-bond donors (Lipinski definition) is 3. The SMILES string of the molecule is CNS(=O)(=O)c1ccc(C)c(NC(=O)COc2ccc(S(=O)(=O)NC3CCCC3)cc2)c1. The lowest BCUT2D eigenvalue weighted by Gasteiger charge is -2.13. The minimum absolute atomic E-state index is 0.0234. The zero-order chi connectivity index (χ0) is 23.4. The van der Waals surface area contributed by atoms with E-state index in [0.717, 1.165) is 25.7 Å². The number of ether oxygens (including phenoxy) is 1. The molecule has 0 radical (unpaired) electrons. The number of benzene rings is 2. The summed E-state index contributed by atoms with van der Waals surface area (Å²) in [4.78, 5) is 12.5. The fourth-order valence-electron chi connectivity index (χ4n) is 3.40. The summed E-state index contributed by atoms with van der Waals surface area (Å²) in [6.45, 7) is 1.42. The van der Waals surface area contributed by atoms with Crippen LogP contribution >= 0.6 is 0 Å². The zero-order valence-corrected chi connectivity index (χ0v) is 19.6. The van der Waals surface area contributed by atoms with E-state index in [2.05, 4.69) is 14.8 Å². The molecule has 1 fully saturated rings. The molecule has 0 aliphatic heterocycles. The van der Waals surface area contributed by atoms with Crippen molar-refractivity contribution in [2.75, 3.05) is 19.0 Å². The summed E-state index contributed by atoms with van der Waals surface area (Å²) in [5.41, 5.74) is 1.05. The fourth-order valence-corrected chi connectivity index (χ4v) is 5.46. The summed E-state index contributed by atoms with van der Waals surface area (Å²) >= 11 is 0. The van der Waals surface area contributed by atoms with Gasteiger partial charge in [0.05, 0.1) is 9.79 Å². The Morgan fingerprint density at radius 2 is 1.59 bits per heavy atom. The molecule has 9 nitrogen and oxygen atoms in total. The standard InChI is InChI=1S/C21H27N3O6S2/c1-15-7-10-19(31(26,27)22-2)13-20(15)23-21(25)14-30-17-8-11-18(12-9-17)32(28,29)24-16-5-3-4-6-16/h7-13,16,22,24H,3-6,14H2,1-2H3,(H,23,25). The molecule has 0 atom stereocenters. The van der Waals surface area contributed by atoms with E-state index in [1.54, 1.807) is 13.0 Å². The third-order valence-corrected chi connectivity index (χ3v) is 8.19. The molecule has 1 amide bonds. The van der Waals surface area contributed by atoms with Gasteiger partial charge in [0.1, 0.15) is 5.75 Å². The highest BCUT2D eigenvalue weighted by Crippen LogP contribution is 2.22. The molecular formula is C21H27N3O6S2. The van der Waals surface area contributed by atoms with Gasteiger partial charge in [-0.25, -0.2) is 26.3 Å². The van der Waals surface area contributed by atoms with Gasteiger partial charge in [-0.2, -0.15) is 0 Å². The van der Waals surface area contributed by atoms with Crippen LogP contribution < -0.4 is 19.5 Å². The van der Waals surface area contributed by atoms with E-state index in [0.29, 0.717) is 17.0 Å². The first kappa shape index (κ1) is 24.2. The molecule has 1 aliphatic carbocycles. The van der Waals surface area contributed by atoms with E-state index in [1.165, 1.54) is 43.4 Å². The number of sulfonamides is 2. The van der Waals surface area contributed by atoms with Gasteiger partial charge in [0.15, 0.2) is 6.61 Å². The van der Waals surface area contributed by atoms with Crippen molar-refractivity contribution in [3.05, 3.63) is 48.0 Å². The molecule has 0 spiro atoms. The highest BCUT2D eigenvalue weighted by molar-refractivity contribution is 7.89. The van der Waals surface area contributed by atoms with Crippen LogP contribution in [0.3, 0.4) is 0 Å². The van der Waals surface area contributed by atoms with Crippen LogP contribution in [0.1, 0.15) is 31.2 Å². The van der Waals surface area contributed by atoms with Crippen LogP contribution in [0, 0.1) is 6.92 Å².